The van der Waals surface area contributed by atoms with Gasteiger partial charge in [-0.15, -0.1) is 0 Å². The smallest absolute Gasteiger partial charge is 0.141 e. The second-order valence-corrected chi connectivity index (χ2v) is 7.64. The molecule has 0 saturated carbocycles. The molecule has 3 aromatic carbocycles. The van der Waals surface area contributed by atoms with Crippen molar-refractivity contribution < 1.29 is 0 Å². The zero-order chi connectivity index (χ0) is 20.2. The molecule has 0 unspecified atom stereocenters. The van der Waals surface area contributed by atoms with Crippen LogP contribution in [0.5, 0.6) is 0 Å². The average Bonchev–Trinajstić information content (AvgIpc) is 3.12. The molecule has 0 aliphatic rings. The third kappa shape index (κ3) is 3.75. The lowest BCUT2D eigenvalue weighted by Crippen LogP contribution is -2.04. The molecular weight excluding hydrogens is 352 g/mol. The standard InChI is InChI=1S/C27H28N2/c1-4-5-19-29-26(23-17-10-7-11-18-23)25(22-15-8-6-9-16-22)28-27(29)24-20(2)13-12-14-21(24)3/h6-18H,4-5,19H2,1-3H3. The van der Waals surface area contributed by atoms with Crippen LogP contribution in [0.15, 0.2) is 78.9 Å². The van der Waals surface area contributed by atoms with Crippen molar-refractivity contribution in [2.75, 3.05) is 0 Å². The zero-order valence-corrected chi connectivity index (χ0v) is 17.5. The van der Waals surface area contributed by atoms with E-state index in [4.69, 9.17) is 4.98 Å². The Balaban J connectivity index is 2.05. The molecule has 0 N–H and O–H groups in total. The Bertz CT molecular complexity index is 1070. The van der Waals surface area contributed by atoms with E-state index in [1.54, 1.807) is 0 Å². The Hall–Kier alpha value is -3.13. The van der Waals surface area contributed by atoms with E-state index < -0.39 is 0 Å². The van der Waals surface area contributed by atoms with Gasteiger partial charge in [-0.25, -0.2) is 4.98 Å². The van der Waals surface area contributed by atoms with Gasteiger partial charge in [0.25, 0.3) is 0 Å². The normalized spacial score (nSPS) is 11.0. The molecule has 2 heteroatoms. The van der Waals surface area contributed by atoms with E-state index >= 15 is 0 Å². The molecule has 0 amide bonds. The minimum atomic E-state index is 0.962. The molecule has 0 fully saturated rings. The van der Waals surface area contributed by atoms with Crippen molar-refractivity contribution in [2.24, 2.45) is 0 Å². The summed E-state index contributed by atoms with van der Waals surface area (Å²) >= 11 is 0. The summed E-state index contributed by atoms with van der Waals surface area (Å²) in [7, 11) is 0. The fourth-order valence-corrected chi connectivity index (χ4v) is 4.03. The highest BCUT2D eigenvalue weighted by atomic mass is 15.1. The van der Waals surface area contributed by atoms with Crippen LogP contribution in [-0.4, -0.2) is 9.55 Å². The Kier molecular flexibility index (Phi) is 5.62. The highest BCUT2D eigenvalue weighted by Crippen LogP contribution is 2.38. The van der Waals surface area contributed by atoms with E-state index in [0.717, 1.165) is 36.5 Å². The fraction of sp³-hybridized carbons (Fsp3) is 0.222. The van der Waals surface area contributed by atoms with Crippen LogP contribution < -0.4 is 0 Å². The van der Waals surface area contributed by atoms with Crippen LogP contribution >= 0.6 is 0 Å². The van der Waals surface area contributed by atoms with Crippen molar-refractivity contribution in [1.82, 2.24) is 9.55 Å². The van der Waals surface area contributed by atoms with Crippen LogP contribution in [0.3, 0.4) is 0 Å². The van der Waals surface area contributed by atoms with E-state index in [1.807, 2.05) is 0 Å². The summed E-state index contributed by atoms with van der Waals surface area (Å²) in [6.07, 6.45) is 2.28. The van der Waals surface area contributed by atoms with Gasteiger partial charge in [0.1, 0.15) is 5.82 Å². The number of aryl methyl sites for hydroxylation is 2. The molecule has 4 aromatic rings. The monoisotopic (exact) mass is 380 g/mol. The molecule has 1 heterocycles. The molecule has 0 aliphatic carbocycles. The van der Waals surface area contributed by atoms with Crippen LogP contribution in [0.25, 0.3) is 33.9 Å². The quantitative estimate of drug-likeness (QED) is 0.343. The number of nitrogens with zero attached hydrogens (tertiary/aromatic N) is 2. The summed E-state index contributed by atoms with van der Waals surface area (Å²) in [5.41, 5.74) is 8.44. The molecular formula is C27H28N2. The van der Waals surface area contributed by atoms with Gasteiger partial charge < -0.3 is 4.57 Å². The lowest BCUT2D eigenvalue weighted by molar-refractivity contribution is 0.641. The van der Waals surface area contributed by atoms with E-state index in [0.29, 0.717) is 0 Å². The first-order chi connectivity index (χ1) is 14.2. The first kappa shape index (κ1) is 19.2. The number of hydrogen-bond acceptors (Lipinski definition) is 1. The van der Waals surface area contributed by atoms with Crippen molar-refractivity contribution >= 4 is 0 Å². The molecule has 0 bridgehead atoms. The van der Waals surface area contributed by atoms with E-state index in [1.165, 1.54) is 27.9 Å². The first-order valence-electron chi connectivity index (χ1n) is 10.5. The van der Waals surface area contributed by atoms with Gasteiger partial charge in [-0.3, -0.25) is 0 Å². The lowest BCUT2D eigenvalue weighted by Gasteiger charge is -2.15. The van der Waals surface area contributed by atoms with Crippen molar-refractivity contribution in [1.29, 1.82) is 0 Å². The van der Waals surface area contributed by atoms with E-state index in [9.17, 15) is 0 Å². The second-order valence-electron chi connectivity index (χ2n) is 7.64. The van der Waals surface area contributed by atoms with Gasteiger partial charge in [-0.2, -0.15) is 0 Å². The zero-order valence-electron chi connectivity index (χ0n) is 17.5. The third-order valence-corrected chi connectivity index (χ3v) is 5.50. The molecule has 0 saturated heterocycles. The van der Waals surface area contributed by atoms with Crippen LogP contribution in [0.2, 0.25) is 0 Å². The van der Waals surface area contributed by atoms with Gasteiger partial charge in [0.2, 0.25) is 0 Å². The molecule has 0 aliphatic heterocycles. The van der Waals surface area contributed by atoms with Crippen molar-refractivity contribution in [3.63, 3.8) is 0 Å². The summed E-state index contributed by atoms with van der Waals surface area (Å²) in [4.78, 5) is 5.26. The Morgan fingerprint density at radius 3 is 1.90 bits per heavy atom. The maximum atomic E-state index is 5.26. The predicted molar refractivity (Wildman–Crippen MR) is 123 cm³/mol. The highest BCUT2D eigenvalue weighted by Gasteiger charge is 2.22. The molecule has 0 spiro atoms. The maximum absolute atomic E-state index is 5.26. The second kappa shape index (κ2) is 8.48. The Labute approximate surface area is 173 Å². The minimum absolute atomic E-state index is 0.962. The Morgan fingerprint density at radius 1 is 0.724 bits per heavy atom. The van der Waals surface area contributed by atoms with Gasteiger partial charge in [0, 0.05) is 23.2 Å². The maximum Gasteiger partial charge on any atom is 0.141 e. The topological polar surface area (TPSA) is 17.8 Å². The van der Waals surface area contributed by atoms with Crippen molar-refractivity contribution in [3.8, 4) is 33.9 Å². The largest absolute Gasteiger partial charge is 0.323 e. The van der Waals surface area contributed by atoms with Crippen LogP contribution in [0.1, 0.15) is 30.9 Å². The van der Waals surface area contributed by atoms with Crippen molar-refractivity contribution in [2.45, 2.75) is 40.2 Å². The van der Waals surface area contributed by atoms with Gasteiger partial charge in [0.05, 0.1) is 11.4 Å². The summed E-state index contributed by atoms with van der Waals surface area (Å²) in [6, 6.07) is 27.8. The van der Waals surface area contributed by atoms with Crippen LogP contribution in [0, 0.1) is 13.8 Å². The molecule has 146 valence electrons. The van der Waals surface area contributed by atoms with Gasteiger partial charge in [-0.05, 0) is 31.4 Å². The number of benzene rings is 3. The predicted octanol–water partition coefficient (Wildman–Crippen LogP) is 7.30. The lowest BCUT2D eigenvalue weighted by atomic mass is 10.0. The molecule has 0 atom stereocenters. The SMILES string of the molecule is CCCCn1c(-c2c(C)cccc2C)nc(-c2ccccc2)c1-c1ccccc1. The number of unbranched alkanes of at least 4 members (excludes halogenated alkanes) is 1. The molecule has 1 aromatic heterocycles. The molecule has 0 radical (unpaired) electrons. The van der Waals surface area contributed by atoms with Crippen LogP contribution in [-0.2, 0) is 6.54 Å². The minimum Gasteiger partial charge on any atom is -0.323 e. The van der Waals surface area contributed by atoms with Crippen LogP contribution in [0.4, 0.5) is 0 Å². The highest BCUT2D eigenvalue weighted by molar-refractivity contribution is 5.83. The number of hydrogen-bond donors (Lipinski definition) is 0. The van der Waals surface area contributed by atoms with Crippen molar-refractivity contribution in [3.05, 3.63) is 90.0 Å². The number of imidazole rings is 1. The molecule has 29 heavy (non-hydrogen) atoms. The molecule has 2 nitrogen and oxygen atoms in total. The number of rotatable bonds is 6. The summed E-state index contributed by atoms with van der Waals surface area (Å²) in [5, 5.41) is 0. The van der Waals surface area contributed by atoms with E-state index in [2.05, 4.69) is 104 Å². The van der Waals surface area contributed by atoms with Gasteiger partial charge in [-0.1, -0.05) is 92.2 Å². The molecule has 4 rings (SSSR count). The Morgan fingerprint density at radius 2 is 1.31 bits per heavy atom. The van der Waals surface area contributed by atoms with Gasteiger partial charge in [0.15, 0.2) is 0 Å². The first-order valence-corrected chi connectivity index (χ1v) is 10.5. The van der Waals surface area contributed by atoms with E-state index in [-0.39, 0.29) is 0 Å². The van der Waals surface area contributed by atoms with Gasteiger partial charge >= 0.3 is 0 Å². The number of aromatic nitrogens is 2. The average molecular weight is 381 g/mol. The summed E-state index contributed by atoms with van der Waals surface area (Å²) in [5.74, 6) is 1.08. The summed E-state index contributed by atoms with van der Waals surface area (Å²) < 4.78 is 2.44. The fourth-order valence-electron chi connectivity index (χ4n) is 4.03. The third-order valence-electron chi connectivity index (χ3n) is 5.50. The summed E-state index contributed by atoms with van der Waals surface area (Å²) in [6.45, 7) is 7.58.